The van der Waals surface area contributed by atoms with Crippen LogP contribution in [0.15, 0.2) is 33.8 Å². The number of halogens is 1. The average molecular weight is 405 g/mol. The first-order valence-electron chi connectivity index (χ1n) is 9.92. The van der Waals surface area contributed by atoms with Crippen LogP contribution in [0.25, 0.3) is 11.4 Å². The molecular weight excluding hydrogens is 376 g/mol. The summed E-state index contributed by atoms with van der Waals surface area (Å²) in [5, 5.41) is 8.13. The Morgan fingerprint density at radius 1 is 1.39 bits per heavy atom. The van der Waals surface area contributed by atoms with E-state index < -0.39 is 0 Å². The van der Waals surface area contributed by atoms with Crippen LogP contribution in [0.1, 0.15) is 26.2 Å². The van der Waals surface area contributed by atoms with Gasteiger partial charge in [0.25, 0.3) is 0 Å². The molecule has 1 unspecified atom stereocenters. The summed E-state index contributed by atoms with van der Waals surface area (Å²) in [6.45, 7) is 9.36. The summed E-state index contributed by atoms with van der Waals surface area (Å²) in [6.07, 6.45) is 1.81. The molecule has 1 aromatic carbocycles. The molecule has 0 spiro atoms. The first-order chi connectivity index (χ1) is 13.6. The Kier molecular flexibility index (Phi) is 7.28. The number of likely N-dealkylation sites (N-methyl/N-ethyl adjacent to an activating group) is 1. The molecule has 2 aromatic rings. The van der Waals surface area contributed by atoms with E-state index in [2.05, 4.69) is 44.1 Å². The van der Waals surface area contributed by atoms with Crippen LogP contribution in [0.3, 0.4) is 0 Å². The molecule has 3 rings (SSSR count). The summed E-state index contributed by atoms with van der Waals surface area (Å²) in [6, 6.07) is 8.05. The van der Waals surface area contributed by atoms with Crippen molar-refractivity contribution < 1.29 is 4.52 Å². The van der Waals surface area contributed by atoms with Crippen molar-refractivity contribution in [1.29, 1.82) is 0 Å². The summed E-state index contributed by atoms with van der Waals surface area (Å²) < 4.78 is 5.37. The molecule has 1 atom stereocenters. The largest absolute Gasteiger partial charge is 0.356 e. The second kappa shape index (κ2) is 9.89. The maximum Gasteiger partial charge on any atom is 0.228 e. The zero-order valence-electron chi connectivity index (χ0n) is 16.9. The molecule has 1 N–H and O–H groups in total. The van der Waals surface area contributed by atoms with Crippen LogP contribution in [0.5, 0.6) is 0 Å². The lowest BCUT2D eigenvalue weighted by Gasteiger charge is -2.27. The van der Waals surface area contributed by atoms with E-state index in [1.165, 1.54) is 6.42 Å². The highest BCUT2D eigenvalue weighted by Gasteiger charge is 2.27. The number of aromatic nitrogens is 2. The van der Waals surface area contributed by atoms with Crippen molar-refractivity contribution in [3.05, 3.63) is 35.2 Å². The van der Waals surface area contributed by atoms with Gasteiger partial charge in [0.05, 0.1) is 0 Å². The Labute approximate surface area is 171 Å². The highest BCUT2D eigenvalue weighted by molar-refractivity contribution is 6.30. The topological polar surface area (TPSA) is 69.8 Å². The van der Waals surface area contributed by atoms with Crippen LogP contribution in [0, 0.1) is 0 Å². The van der Waals surface area contributed by atoms with Gasteiger partial charge in [0.1, 0.15) is 0 Å². The van der Waals surface area contributed by atoms with E-state index in [1.807, 2.05) is 31.3 Å². The highest BCUT2D eigenvalue weighted by Crippen LogP contribution is 2.20. The molecule has 2 heterocycles. The molecule has 0 radical (unpaired) electrons. The van der Waals surface area contributed by atoms with Crippen LogP contribution in [0.2, 0.25) is 5.02 Å². The van der Waals surface area contributed by atoms with E-state index in [0.717, 1.165) is 37.7 Å². The van der Waals surface area contributed by atoms with Gasteiger partial charge in [-0.2, -0.15) is 4.98 Å². The fourth-order valence-electron chi connectivity index (χ4n) is 3.69. The number of guanidine groups is 1. The van der Waals surface area contributed by atoms with E-state index in [4.69, 9.17) is 16.1 Å². The summed E-state index contributed by atoms with van der Waals surface area (Å²) in [5.74, 6) is 2.09. The maximum absolute atomic E-state index is 6.03. The third-order valence-electron chi connectivity index (χ3n) is 5.18. The summed E-state index contributed by atoms with van der Waals surface area (Å²) >= 11 is 6.03. The second-order valence-electron chi connectivity index (χ2n) is 6.86. The zero-order chi connectivity index (χ0) is 19.9. The SMILES string of the molecule is CCN(CC)C1CCN(C(=NC)NCCc2nc(-c3cccc(Cl)c3)no2)C1. The number of rotatable bonds is 7. The Hall–Kier alpha value is -2.12. The fraction of sp³-hybridized carbons (Fsp3) is 0.550. The number of likely N-dealkylation sites (tertiary alicyclic amines) is 1. The van der Waals surface area contributed by atoms with Crippen molar-refractivity contribution in [1.82, 2.24) is 25.3 Å². The van der Waals surface area contributed by atoms with Crippen LogP contribution in [0.4, 0.5) is 0 Å². The minimum atomic E-state index is 0.559. The Morgan fingerprint density at radius 2 is 2.21 bits per heavy atom. The molecule has 1 aliphatic heterocycles. The minimum Gasteiger partial charge on any atom is -0.356 e. The molecule has 1 aromatic heterocycles. The predicted octanol–water partition coefficient (Wildman–Crippen LogP) is 2.92. The second-order valence-corrected chi connectivity index (χ2v) is 7.29. The number of aliphatic imine (C=N–C) groups is 1. The van der Waals surface area contributed by atoms with Crippen LogP contribution >= 0.6 is 11.6 Å². The maximum atomic E-state index is 6.03. The van der Waals surface area contributed by atoms with Crippen LogP contribution < -0.4 is 5.32 Å². The Morgan fingerprint density at radius 3 is 2.93 bits per heavy atom. The summed E-state index contributed by atoms with van der Waals surface area (Å²) in [7, 11) is 1.83. The van der Waals surface area contributed by atoms with Gasteiger partial charge in [0.2, 0.25) is 11.7 Å². The van der Waals surface area contributed by atoms with Crippen molar-refractivity contribution in [2.24, 2.45) is 4.99 Å². The molecular formula is C20H29ClN6O. The van der Waals surface area contributed by atoms with E-state index in [0.29, 0.717) is 35.7 Å². The van der Waals surface area contributed by atoms with Crippen molar-refractivity contribution in [2.45, 2.75) is 32.7 Å². The summed E-state index contributed by atoms with van der Waals surface area (Å²) in [4.78, 5) is 13.7. The molecule has 0 amide bonds. The van der Waals surface area contributed by atoms with Gasteiger partial charge in [-0.05, 0) is 31.6 Å². The number of nitrogens with one attached hydrogen (secondary N) is 1. The van der Waals surface area contributed by atoms with Gasteiger partial charge in [-0.1, -0.05) is 42.7 Å². The van der Waals surface area contributed by atoms with Crippen molar-refractivity contribution in [2.75, 3.05) is 39.8 Å². The van der Waals surface area contributed by atoms with E-state index in [1.54, 1.807) is 0 Å². The lowest BCUT2D eigenvalue weighted by Crippen LogP contribution is -2.43. The minimum absolute atomic E-state index is 0.559. The first kappa shape index (κ1) is 20.6. The average Bonchev–Trinajstić information content (AvgIpc) is 3.36. The van der Waals surface area contributed by atoms with Gasteiger partial charge < -0.3 is 14.7 Å². The zero-order valence-corrected chi connectivity index (χ0v) is 17.6. The fourth-order valence-corrected chi connectivity index (χ4v) is 3.88. The smallest absolute Gasteiger partial charge is 0.228 e. The lowest BCUT2D eigenvalue weighted by atomic mass is 10.2. The first-order valence-corrected chi connectivity index (χ1v) is 10.3. The normalized spacial score (nSPS) is 17.5. The van der Waals surface area contributed by atoms with Crippen molar-refractivity contribution in [3.8, 4) is 11.4 Å². The predicted molar refractivity (Wildman–Crippen MR) is 113 cm³/mol. The highest BCUT2D eigenvalue weighted by atomic mass is 35.5. The van der Waals surface area contributed by atoms with Crippen LogP contribution in [-0.2, 0) is 6.42 Å². The molecule has 8 heteroatoms. The number of nitrogens with zero attached hydrogens (tertiary/aromatic N) is 5. The lowest BCUT2D eigenvalue weighted by molar-refractivity contribution is 0.223. The number of benzene rings is 1. The number of hydrogen-bond acceptors (Lipinski definition) is 5. The van der Waals surface area contributed by atoms with Gasteiger partial charge >= 0.3 is 0 Å². The van der Waals surface area contributed by atoms with Gasteiger partial charge in [-0.3, -0.25) is 9.89 Å². The van der Waals surface area contributed by atoms with E-state index in [9.17, 15) is 0 Å². The molecule has 152 valence electrons. The van der Waals surface area contributed by atoms with Gasteiger partial charge in [0.15, 0.2) is 5.96 Å². The molecule has 7 nitrogen and oxygen atoms in total. The third kappa shape index (κ3) is 5.02. The molecule has 0 bridgehead atoms. The molecule has 28 heavy (non-hydrogen) atoms. The van der Waals surface area contributed by atoms with Gasteiger partial charge in [0, 0.05) is 49.7 Å². The molecule has 1 saturated heterocycles. The molecule has 0 saturated carbocycles. The third-order valence-corrected chi connectivity index (χ3v) is 5.41. The Bertz CT molecular complexity index is 789. The van der Waals surface area contributed by atoms with Gasteiger partial charge in [-0.15, -0.1) is 0 Å². The molecule has 1 fully saturated rings. The number of hydrogen-bond donors (Lipinski definition) is 1. The van der Waals surface area contributed by atoms with Crippen LogP contribution in [-0.4, -0.2) is 71.7 Å². The Balaban J connectivity index is 1.50. The van der Waals surface area contributed by atoms with E-state index >= 15 is 0 Å². The van der Waals surface area contributed by atoms with E-state index in [-0.39, 0.29) is 0 Å². The van der Waals surface area contributed by atoms with Crippen molar-refractivity contribution in [3.63, 3.8) is 0 Å². The standard InChI is InChI=1S/C20H29ClN6O/c1-4-26(5-2)17-10-12-27(14-17)20(22-3)23-11-9-18-24-19(25-28-18)15-7-6-8-16(21)13-15/h6-8,13,17H,4-5,9-12,14H2,1-3H3,(H,22,23). The monoisotopic (exact) mass is 404 g/mol. The molecule has 1 aliphatic rings. The van der Waals surface area contributed by atoms with Gasteiger partial charge in [-0.25, -0.2) is 0 Å². The molecule has 0 aliphatic carbocycles. The summed E-state index contributed by atoms with van der Waals surface area (Å²) in [5.41, 5.74) is 0.853. The van der Waals surface area contributed by atoms with Crippen molar-refractivity contribution >= 4 is 17.6 Å². The quantitative estimate of drug-likeness (QED) is 0.565.